The van der Waals surface area contributed by atoms with E-state index >= 15 is 0 Å². The van der Waals surface area contributed by atoms with E-state index in [-0.39, 0.29) is 5.11 Å². The van der Waals surface area contributed by atoms with Gasteiger partial charge in [-0.1, -0.05) is 17.7 Å². The highest BCUT2D eigenvalue weighted by atomic mass is 35.5. The van der Waals surface area contributed by atoms with Crippen molar-refractivity contribution in [3.63, 3.8) is 0 Å². The Bertz CT molecular complexity index is 689. The summed E-state index contributed by atoms with van der Waals surface area (Å²) in [5.41, 5.74) is 1.98. The summed E-state index contributed by atoms with van der Waals surface area (Å²) in [7, 11) is 0. The summed E-state index contributed by atoms with van der Waals surface area (Å²) >= 11 is 11.0. The van der Waals surface area contributed by atoms with Crippen molar-refractivity contribution in [2.75, 3.05) is 5.32 Å². The molecular formula is C15H12ClFN2OS. The summed E-state index contributed by atoms with van der Waals surface area (Å²) in [4.78, 5) is 11.9. The van der Waals surface area contributed by atoms with Crippen molar-refractivity contribution in [3.05, 3.63) is 64.4 Å². The van der Waals surface area contributed by atoms with Crippen LogP contribution in [0.25, 0.3) is 0 Å². The number of rotatable bonds is 2. The molecule has 0 aliphatic heterocycles. The molecule has 2 aromatic rings. The highest BCUT2D eigenvalue weighted by Crippen LogP contribution is 2.20. The molecule has 0 heterocycles. The maximum absolute atomic E-state index is 12.8. The van der Waals surface area contributed by atoms with Gasteiger partial charge in [-0.05, 0) is 61.1 Å². The minimum atomic E-state index is -0.410. The van der Waals surface area contributed by atoms with Crippen LogP contribution in [0.15, 0.2) is 42.5 Å². The molecule has 0 fully saturated rings. The van der Waals surface area contributed by atoms with Crippen molar-refractivity contribution in [2.24, 2.45) is 0 Å². The predicted octanol–water partition coefficient (Wildman–Crippen LogP) is 3.91. The number of carbonyl (C=O) groups is 1. The molecule has 2 aromatic carbocycles. The molecule has 0 spiro atoms. The Kier molecular flexibility index (Phi) is 4.88. The summed E-state index contributed by atoms with van der Waals surface area (Å²) in [6.45, 7) is 1.89. The Labute approximate surface area is 132 Å². The van der Waals surface area contributed by atoms with Gasteiger partial charge in [0.2, 0.25) is 0 Å². The standard InChI is InChI=1S/C15H12ClFN2OS/c1-9-2-5-11(16)8-13(9)18-15(21)19-14(20)10-3-6-12(17)7-4-10/h2-8H,1H3,(H2,18,19,20,21). The zero-order chi connectivity index (χ0) is 15.4. The molecule has 1 amide bonds. The van der Waals surface area contributed by atoms with Crippen molar-refractivity contribution in [1.82, 2.24) is 5.32 Å². The molecule has 3 nitrogen and oxygen atoms in total. The lowest BCUT2D eigenvalue weighted by atomic mass is 10.2. The first-order valence-corrected chi connectivity index (χ1v) is 6.88. The van der Waals surface area contributed by atoms with E-state index in [9.17, 15) is 9.18 Å². The zero-order valence-electron chi connectivity index (χ0n) is 11.1. The van der Waals surface area contributed by atoms with Crippen LogP contribution in [0.3, 0.4) is 0 Å². The number of benzene rings is 2. The fourth-order valence-corrected chi connectivity index (χ4v) is 2.03. The first kappa shape index (κ1) is 15.4. The molecule has 2 N–H and O–H groups in total. The van der Waals surface area contributed by atoms with Crippen LogP contribution in [0, 0.1) is 12.7 Å². The van der Waals surface area contributed by atoms with Crippen LogP contribution >= 0.6 is 23.8 Å². The second kappa shape index (κ2) is 6.65. The van der Waals surface area contributed by atoms with E-state index in [1.54, 1.807) is 12.1 Å². The Morgan fingerprint density at radius 3 is 2.52 bits per heavy atom. The third kappa shape index (κ3) is 4.24. The lowest BCUT2D eigenvalue weighted by molar-refractivity contribution is 0.0977. The van der Waals surface area contributed by atoms with Gasteiger partial charge in [-0.15, -0.1) is 0 Å². The van der Waals surface area contributed by atoms with Gasteiger partial charge in [-0.2, -0.15) is 0 Å². The maximum Gasteiger partial charge on any atom is 0.257 e. The normalized spacial score (nSPS) is 10.0. The highest BCUT2D eigenvalue weighted by Gasteiger charge is 2.09. The Balaban J connectivity index is 2.03. The first-order chi connectivity index (χ1) is 9.95. The fourth-order valence-electron chi connectivity index (χ4n) is 1.66. The number of nitrogens with one attached hydrogen (secondary N) is 2. The van der Waals surface area contributed by atoms with E-state index in [0.717, 1.165) is 5.56 Å². The molecule has 0 saturated heterocycles. The molecule has 0 saturated carbocycles. The lowest BCUT2D eigenvalue weighted by Crippen LogP contribution is -2.34. The van der Waals surface area contributed by atoms with Crippen molar-refractivity contribution in [1.29, 1.82) is 0 Å². The third-order valence-corrected chi connectivity index (χ3v) is 3.22. The highest BCUT2D eigenvalue weighted by molar-refractivity contribution is 7.80. The van der Waals surface area contributed by atoms with Gasteiger partial charge in [-0.25, -0.2) is 4.39 Å². The molecular weight excluding hydrogens is 311 g/mol. The molecule has 0 unspecified atom stereocenters. The summed E-state index contributed by atoms with van der Waals surface area (Å²) in [5, 5.41) is 6.14. The minimum Gasteiger partial charge on any atom is -0.332 e. The average Bonchev–Trinajstić information content (AvgIpc) is 2.43. The number of aryl methyl sites for hydroxylation is 1. The van der Waals surface area contributed by atoms with Crippen LogP contribution in [0.5, 0.6) is 0 Å². The van der Waals surface area contributed by atoms with Gasteiger partial charge in [0.15, 0.2) is 5.11 Å². The van der Waals surface area contributed by atoms with Gasteiger partial charge in [0.1, 0.15) is 5.82 Å². The Morgan fingerprint density at radius 2 is 1.86 bits per heavy atom. The minimum absolute atomic E-state index is 0.148. The lowest BCUT2D eigenvalue weighted by Gasteiger charge is -2.12. The van der Waals surface area contributed by atoms with E-state index in [2.05, 4.69) is 10.6 Å². The van der Waals surface area contributed by atoms with Gasteiger partial charge in [0, 0.05) is 16.3 Å². The second-order valence-corrected chi connectivity index (χ2v) is 5.22. The smallest absolute Gasteiger partial charge is 0.257 e. The van der Waals surface area contributed by atoms with E-state index < -0.39 is 11.7 Å². The monoisotopic (exact) mass is 322 g/mol. The molecule has 21 heavy (non-hydrogen) atoms. The van der Waals surface area contributed by atoms with Crippen molar-refractivity contribution in [2.45, 2.75) is 6.92 Å². The van der Waals surface area contributed by atoms with E-state index in [0.29, 0.717) is 16.3 Å². The number of carbonyl (C=O) groups excluding carboxylic acids is 1. The summed E-state index contributed by atoms with van der Waals surface area (Å²) in [5.74, 6) is -0.811. The molecule has 0 aromatic heterocycles. The molecule has 0 atom stereocenters. The second-order valence-electron chi connectivity index (χ2n) is 4.37. The van der Waals surface area contributed by atoms with E-state index in [1.165, 1.54) is 24.3 Å². The molecule has 2 rings (SSSR count). The van der Waals surface area contributed by atoms with Crippen LogP contribution in [-0.4, -0.2) is 11.0 Å². The average molecular weight is 323 g/mol. The van der Waals surface area contributed by atoms with Crippen molar-refractivity contribution in [3.8, 4) is 0 Å². The number of halogens is 2. The topological polar surface area (TPSA) is 41.1 Å². The van der Waals surface area contributed by atoms with Crippen molar-refractivity contribution < 1.29 is 9.18 Å². The fraction of sp³-hybridized carbons (Fsp3) is 0.0667. The summed E-state index contributed by atoms with van der Waals surface area (Å²) in [6, 6.07) is 10.5. The number of thiocarbonyl (C=S) groups is 1. The van der Waals surface area contributed by atoms with Crippen LogP contribution < -0.4 is 10.6 Å². The van der Waals surface area contributed by atoms with Crippen LogP contribution in [0.4, 0.5) is 10.1 Å². The van der Waals surface area contributed by atoms with Gasteiger partial charge in [0.25, 0.3) is 5.91 Å². The molecule has 108 valence electrons. The van der Waals surface area contributed by atoms with Gasteiger partial charge >= 0.3 is 0 Å². The zero-order valence-corrected chi connectivity index (χ0v) is 12.7. The maximum atomic E-state index is 12.8. The van der Waals surface area contributed by atoms with E-state index in [1.807, 2.05) is 13.0 Å². The molecule has 0 bridgehead atoms. The van der Waals surface area contributed by atoms with Crippen LogP contribution in [-0.2, 0) is 0 Å². The number of anilines is 1. The Morgan fingerprint density at radius 1 is 1.19 bits per heavy atom. The molecule has 0 radical (unpaired) electrons. The van der Waals surface area contributed by atoms with Crippen LogP contribution in [0.2, 0.25) is 5.02 Å². The summed E-state index contributed by atoms with van der Waals surface area (Å²) < 4.78 is 12.8. The Hall–Kier alpha value is -1.98. The quantitative estimate of drug-likeness (QED) is 0.824. The van der Waals surface area contributed by atoms with Gasteiger partial charge in [0.05, 0.1) is 0 Å². The number of hydrogen-bond acceptors (Lipinski definition) is 2. The van der Waals surface area contributed by atoms with Gasteiger partial charge in [-0.3, -0.25) is 10.1 Å². The largest absolute Gasteiger partial charge is 0.332 e. The van der Waals surface area contributed by atoms with Gasteiger partial charge < -0.3 is 5.32 Å². The number of amides is 1. The number of hydrogen-bond donors (Lipinski definition) is 2. The van der Waals surface area contributed by atoms with Crippen LogP contribution in [0.1, 0.15) is 15.9 Å². The van der Waals surface area contributed by atoms with E-state index in [4.69, 9.17) is 23.8 Å². The molecule has 0 aliphatic rings. The third-order valence-electron chi connectivity index (χ3n) is 2.78. The predicted molar refractivity (Wildman–Crippen MR) is 86.3 cm³/mol. The molecule has 0 aliphatic carbocycles. The first-order valence-electron chi connectivity index (χ1n) is 6.10. The molecule has 6 heteroatoms. The van der Waals surface area contributed by atoms with Crippen molar-refractivity contribution >= 4 is 40.5 Å². The SMILES string of the molecule is Cc1ccc(Cl)cc1NC(=S)NC(=O)c1ccc(F)cc1. The summed E-state index contributed by atoms with van der Waals surface area (Å²) in [6.07, 6.45) is 0.